The van der Waals surface area contributed by atoms with Crippen molar-refractivity contribution >= 4 is 17.7 Å². The predicted molar refractivity (Wildman–Crippen MR) is 125 cm³/mol. The van der Waals surface area contributed by atoms with Crippen LogP contribution in [0.3, 0.4) is 0 Å². The lowest BCUT2D eigenvalue weighted by Crippen LogP contribution is -2.69. The zero-order valence-electron chi connectivity index (χ0n) is 19.7. The Hall–Kier alpha value is -2.89. The van der Waals surface area contributed by atoms with Crippen molar-refractivity contribution in [3.8, 4) is 11.5 Å². The Morgan fingerprint density at radius 2 is 2.03 bits per heavy atom. The minimum absolute atomic E-state index is 0.0664. The maximum atomic E-state index is 13.4. The molecule has 2 aliphatic rings. The smallest absolute Gasteiger partial charge is 0.264 e. The molecule has 2 aliphatic heterocycles. The van der Waals surface area contributed by atoms with E-state index in [1.165, 1.54) is 17.6 Å². The van der Waals surface area contributed by atoms with Crippen LogP contribution in [0.2, 0.25) is 0 Å². The van der Waals surface area contributed by atoms with E-state index in [1.807, 2.05) is 13.0 Å². The minimum atomic E-state index is -1.57. The van der Waals surface area contributed by atoms with E-state index < -0.39 is 42.3 Å². The van der Waals surface area contributed by atoms with Crippen molar-refractivity contribution in [1.29, 1.82) is 0 Å². The molecule has 0 saturated carbocycles. The Bertz CT molecular complexity index is 1140. The number of anilines is 1. The third-order valence-corrected chi connectivity index (χ3v) is 6.61. The zero-order valence-corrected chi connectivity index (χ0v) is 19.7. The number of nitrogens with one attached hydrogen (secondary N) is 2. The average Bonchev–Trinajstić information content (AvgIpc) is 3.17. The molecular weight excluding hydrogens is 442 g/mol. The highest BCUT2D eigenvalue weighted by atomic mass is 16.7. The van der Waals surface area contributed by atoms with E-state index in [0.717, 1.165) is 5.56 Å². The number of ether oxygens (including phenoxy) is 2. The fourth-order valence-electron chi connectivity index (χ4n) is 4.74. The molecule has 10 heteroatoms. The van der Waals surface area contributed by atoms with Gasteiger partial charge in [0.15, 0.2) is 6.23 Å². The van der Waals surface area contributed by atoms with Crippen molar-refractivity contribution in [2.75, 3.05) is 12.4 Å². The van der Waals surface area contributed by atoms with Gasteiger partial charge in [0.05, 0.1) is 29.1 Å². The van der Waals surface area contributed by atoms with E-state index >= 15 is 0 Å². The first-order chi connectivity index (χ1) is 16.0. The van der Waals surface area contributed by atoms with Crippen molar-refractivity contribution in [2.45, 2.75) is 64.1 Å². The fraction of sp³-hybridized carbons (Fsp3) is 0.458. The Kier molecular flexibility index (Phi) is 6.21. The summed E-state index contributed by atoms with van der Waals surface area (Å²) in [5.74, 6) is -0.664. The quantitative estimate of drug-likeness (QED) is 0.364. The summed E-state index contributed by atoms with van der Waals surface area (Å²) in [5.41, 5.74) is -0.106. The Morgan fingerprint density at radius 1 is 1.32 bits per heavy atom. The van der Waals surface area contributed by atoms with Crippen LogP contribution in [0.25, 0.3) is 6.08 Å². The number of allylic oxidation sites excluding steroid dienone is 1. The Balaban J connectivity index is 1.74. The second kappa shape index (κ2) is 8.71. The van der Waals surface area contributed by atoms with Gasteiger partial charge in [-0.05, 0) is 52.4 Å². The van der Waals surface area contributed by atoms with Gasteiger partial charge in [-0.2, -0.15) is 0 Å². The summed E-state index contributed by atoms with van der Waals surface area (Å²) in [4.78, 5) is 13.4. The van der Waals surface area contributed by atoms with Crippen LogP contribution in [0.4, 0.5) is 5.69 Å². The number of benzene rings is 1. The predicted octanol–water partition coefficient (Wildman–Crippen LogP) is 1.46. The molecule has 6 unspecified atom stereocenters. The monoisotopic (exact) mass is 473 g/mol. The molecular formula is C24H31N3O7. The number of carbonyl (C=O) groups is 1. The van der Waals surface area contributed by atoms with Crippen molar-refractivity contribution in [3.05, 3.63) is 46.8 Å². The Labute approximate surface area is 197 Å². The number of phenols is 1. The summed E-state index contributed by atoms with van der Waals surface area (Å²) in [6.07, 6.45) is 0.800. The SMILES string of the molecule is C/C=C/c1cc2n(c1)C(=O)c1cc(OC3OC(C)C(NC)C(C)(O)C3O)c(C)c(O)c1NC2O. The van der Waals surface area contributed by atoms with Crippen LogP contribution in [-0.4, -0.2) is 68.1 Å². The molecule has 0 bridgehead atoms. The lowest BCUT2D eigenvalue weighted by atomic mass is 9.84. The molecule has 184 valence electrons. The molecule has 1 aromatic heterocycles. The van der Waals surface area contributed by atoms with E-state index in [1.54, 1.807) is 39.2 Å². The topological polar surface area (TPSA) is 145 Å². The second-order valence-electron chi connectivity index (χ2n) is 8.96. The third kappa shape index (κ3) is 3.77. The summed E-state index contributed by atoms with van der Waals surface area (Å²) in [7, 11) is 1.66. The standard InChI is InChI=1S/C24H31N3O7/c1-6-7-13-8-15-21(30)26-17-14(22(31)27(15)10-13)9-16(11(2)18(17)28)34-23-20(29)24(4,32)19(25-5)12(3)33-23/h6-10,12,19-21,23,25-26,28-30,32H,1-5H3/b7-6+. The summed E-state index contributed by atoms with van der Waals surface area (Å²) in [6.45, 7) is 6.65. The fourth-order valence-corrected chi connectivity index (χ4v) is 4.74. The number of hydrogen-bond donors (Lipinski definition) is 6. The summed E-state index contributed by atoms with van der Waals surface area (Å²) in [5, 5.41) is 48.9. The maximum Gasteiger partial charge on any atom is 0.264 e. The van der Waals surface area contributed by atoms with Gasteiger partial charge in [-0.25, -0.2) is 0 Å². The minimum Gasteiger partial charge on any atom is -0.505 e. The molecule has 0 amide bonds. The molecule has 6 atom stereocenters. The van der Waals surface area contributed by atoms with E-state index in [2.05, 4.69) is 10.6 Å². The second-order valence-corrected chi connectivity index (χ2v) is 8.96. The van der Waals surface area contributed by atoms with Gasteiger partial charge in [-0.15, -0.1) is 0 Å². The first kappa shape index (κ1) is 24.2. The van der Waals surface area contributed by atoms with Crippen LogP contribution >= 0.6 is 0 Å². The summed E-state index contributed by atoms with van der Waals surface area (Å²) >= 11 is 0. The van der Waals surface area contributed by atoms with E-state index in [4.69, 9.17) is 9.47 Å². The number of rotatable bonds is 4. The molecule has 6 N–H and O–H groups in total. The molecule has 1 saturated heterocycles. The molecule has 0 spiro atoms. The third-order valence-electron chi connectivity index (χ3n) is 6.61. The molecule has 2 aromatic rings. The maximum absolute atomic E-state index is 13.4. The molecule has 3 heterocycles. The van der Waals surface area contributed by atoms with Crippen LogP contribution in [0.1, 0.15) is 54.2 Å². The molecule has 0 radical (unpaired) electrons. The van der Waals surface area contributed by atoms with Crippen molar-refractivity contribution in [1.82, 2.24) is 9.88 Å². The van der Waals surface area contributed by atoms with Gasteiger partial charge in [0, 0.05) is 11.8 Å². The first-order valence-electron chi connectivity index (χ1n) is 11.1. The van der Waals surface area contributed by atoms with E-state index in [-0.39, 0.29) is 28.3 Å². The number of fused-ring (bicyclic) bond motifs is 2. The van der Waals surface area contributed by atoms with Gasteiger partial charge in [-0.3, -0.25) is 9.36 Å². The number of aliphatic hydroxyl groups is 3. The lowest BCUT2D eigenvalue weighted by Gasteiger charge is -2.47. The number of aliphatic hydroxyl groups excluding tert-OH is 2. The molecule has 0 aliphatic carbocycles. The number of aromatic nitrogens is 1. The van der Waals surface area contributed by atoms with Crippen LogP contribution in [0, 0.1) is 6.92 Å². The average molecular weight is 474 g/mol. The van der Waals surface area contributed by atoms with Crippen LogP contribution in [0.15, 0.2) is 24.4 Å². The van der Waals surface area contributed by atoms with Gasteiger partial charge in [0.1, 0.15) is 23.2 Å². The molecule has 4 rings (SSSR count). The van der Waals surface area contributed by atoms with Gasteiger partial charge < -0.3 is 40.5 Å². The highest BCUT2D eigenvalue weighted by Gasteiger charge is 2.52. The van der Waals surface area contributed by atoms with Gasteiger partial charge in [-0.1, -0.05) is 12.2 Å². The van der Waals surface area contributed by atoms with Crippen molar-refractivity contribution in [3.63, 3.8) is 0 Å². The van der Waals surface area contributed by atoms with Gasteiger partial charge in [0.25, 0.3) is 5.91 Å². The van der Waals surface area contributed by atoms with E-state index in [0.29, 0.717) is 5.69 Å². The Morgan fingerprint density at radius 3 is 2.68 bits per heavy atom. The van der Waals surface area contributed by atoms with E-state index in [9.17, 15) is 25.2 Å². The largest absolute Gasteiger partial charge is 0.505 e. The highest BCUT2D eigenvalue weighted by Crippen LogP contribution is 2.43. The number of phenolic OH excluding ortho intramolecular Hbond substituents is 1. The number of carbonyl (C=O) groups excluding carboxylic acids is 1. The van der Waals surface area contributed by atoms with Crippen LogP contribution in [-0.2, 0) is 4.74 Å². The molecule has 1 fully saturated rings. The first-order valence-corrected chi connectivity index (χ1v) is 11.1. The number of hydrogen-bond acceptors (Lipinski definition) is 9. The summed E-state index contributed by atoms with van der Waals surface area (Å²) < 4.78 is 13.0. The number of aromatic hydroxyl groups is 1. The molecule has 1 aromatic carbocycles. The molecule has 10 nitrogen and oxygen atoms in total. The molecule has 34 heavy (non-hydrogen) atoms. The lowest BCUT2D eigenvalue weighted by molar-refractivity contribution is -0.272. The number of nitrogens with zero attached hydrogens (tertiary/aromatic N) is 1. The van der Waals surface area contributed by atoms with Gasteiger partial charge in [0.2, 0.25) is 6.29 Å². The summed E-state index contributed by atoms with van der Waals surface area (Å²) in [6, 6.07) is 2.56. The normalized spacial score (nSPS) is 31.1. The number of likely N-dealkylation sites (N-methyl/N-ethyl adjacent to an activating group) is 1. The zero-order chi connectivity index (χ0) is 24.9. The van der Waals surface area contributed by atoms with Gasteiger partial charge >= 0.3 is 0 Å². The van der Waals surface area contributed by atoms with Crippen molar-refractivity contribution in [2.24, 2.45) is 0 Å². The van der Waals surface area contributed by atoms with Crippen LogP contribution in [0.5, 0.6) is 11.5 Å². The highest BCUT2D eigenvalue weighted by molar-refractivity contribution is 6.04. The van der Waals surface area contributed by atoms with Crippen LogP contribution < -0.4 is 15.4 Å². The van der Waals surface area contributed by atoms with Crippen molar-refractivity contribution < 1.29 is 34.7 Å².